The predicted octanol–water partition coefficient (Wildman–Crippen LogP) is 3.49. The fraction of sp³-hybridized carbons (Fsp3) is 0.350. The van der Waals surface area contributed by atoms with Crippen LogP contribution in [0.2, 0.25) is 0 Å². The molecule has 1 aliphatic heterocycles. The molecule has 1 heterocycles. The Kier molecular flexibility index (Phi) is 6.04. The molecular weight excluding hydrogens is 316 g/mol. The number of carbonyl (C=O) groups excluding carboxylic acids is 1. The summed E-state index contributed by atoms with van der Waals surface area (Å²) in [5, 5.41) is 6.00. The van der Waals surface area contributed by atoms with E-state index in [1.807, 2.05) is 55.5 Å². The van der Waals surface area contributed by atoms with Crippen LogP contribution < -0.4 is 15.4 Å². The van der Waals surface area contributed by atoms with Crippen LogP contribution in [0.4, 0.5) is 5.69 Å². The van der Waals surface area contributed by atoms with Crippen LogP contribution in [-0.2, 0) is 9.53 Å². The topological polar surface area (TPSA) is 59.6 Å². The highest BCUT2D eigenvalue weighted by Gasteiger charge is 2.15. The van der Waals surface area contributed by atoms with Crippen LogP contribution in [0.1, 0.15) is 18.4 Å². The van der Waals surface area contributed by atoms with Crippen molar-refractivity contribution in [2.75, 3.05) is 25.0 Å². The molecule has 5 heteroatoms. The van der Waals surface area contributed by atoms with E-state index in [1.165, 1.54) is 5.56 Å². The van der Waals surface area contributed by atoms with Gasteiger partial charge in [-0.05, 0) is 56.2 Å². The van der Waals surface area contributed by atoms with Crippen LogP contribution in [0.15, 0.2) is 48.5 Å². The number of anilines is 1. The van der Waals surface area contributed by atoms with Crippen molar-refractivity contribution < 1.29 is 14.3 Å². The molecule has 1 saturated heterocycles. The molecule has 1 fully saturated rings. The minimum atomic E-state index is -0.0646. The number of amides is 1. The van der Waals surface area contributed by atoms with Crippen LogP contribution >= 0.6 is 0 Å². The summed E-state index contributed by atoms with van der Waals surface area (Å²) in [5.41, 5.74) is 1.94. The summed E-state index contributed by atoms with van der Waals surface area (Å²) < 4.78 is 11.3. The lowest BCUT2D eigenvalue weighted by molar-refractivity contribution is -0.115. The molecule has 1 unspecified atom stereocenters. The summed E-state index contributed by atoms with van der Waals surface area (Å²) >= 11 is 0. The van der Waals surface area contributed by atoms with Crippen molar-refractivity contribution in [3.05, 3.63) is 54.1 Å². The van der Waals surface area contributed by atoms with Gasteiger partial charge in [-0.1, -0.05) is 17.7 Å². The Morgan fingerprint density at radius 1 is 1.12 bits per heavy atom. The fourth-order valence-electron chi connectivity index (χ4n) is 2.71. The van der Waals surface area contributed by atoms with E-state index in [9.17, 15) is 4.79 Å². The molecule has 132 valence electrons. The van der Waals surface area contributed by atoms with Crippen molar-refractivity contribution in [3.8, 4) is 11.5 Å². The van der Waals surface area contributed by atoms with Crippen molar-refractivity contribution in [2.45, 2.75) is 25.9 Å². The molecule has 2 aromatic rings. The zero-order valence-corrected chi connectivity index (χ0v) is 14.5. The molecule has 1 atom stereocenters. The molecule has 0 aliphatic carbocycles. The van der Waals surface area contributed by atoms with Gasteiger partial charge in [0.05, 0.1) is 12.6 Å². The molecule has 3 rings (SSSR count). The van der Waals surface area contributed by atoms with E-state index in [0.29, 0.717) is 0 Å². The highest BCUT2D eigenvalue weighted by Crippen LogP contribution is 2.23. The van der Waals surface area contributed by atoms with Gasteiger partial charge < -0.3 is 20.1 Å². The maximum absolute atomic E-state index is 11.9. The standard InChI is InChI=1S/C20H24N2O3/c1-15-4-8-17(9-5-15)25-18-10-6-16(7-11-18)22-20(23)14-21-13-19-3-2-12-24-19/h4-11,19,21H,2-3,12-14H2,1H3,(H,22,23). The number of hydrogen-bond donors (Lipinski definition) is 2. The second kappa shape index (κ2) is 8.65. The molecule has 0 aromatic heterocycles. The normalized spacial score (nSPS) is 16.6. The van der Waals surface area contributed by atoms with Gasteiger partial charge in [0.2, 0.25) is 5.91 Å². The quantitative estimate of drug-likeness (QED) is 0.810. The number of ether oxygens (including phenoxy) is 2. The molecule has 0 bridgehead atoms. The lowest BCUT2D eigenvalue weighted by Gasteiger charge is -2.11. The Bertz CT molecular complexity index is 677. The van der Waals surface area contributed by atoms with Gasteiger partial charge in [0.15, 0.2) is 0 Å². The van der Waals surface area contributed by atoms with Gasteiger partial charge in [0.25, 0.3) is 0 Å². The van der Waals surface area contributed by atoms with Gasteiger partial charge in [-0.15, -0.1) is 0 Å². The molecule has 2 aromatic carbocycles. The van der Waals surface area contributed by atoms with E-state index < -0.39 is 0 Å². The maximum atomic E-state index is 11.9. The first kappa shape index (κ1) is 17.5. The Hall–Kier alpha value is -2.37. The number of nitrogens with one attached hydrogen (secondary N) is 2. The Labute approximate surface area is 148 Å². The first-order valence-corrected chi connectivity index (χ1v) is 8.66. The largest absolute Gasteiger partial charge is 0.457 e. The fourth-order valence-corrected chi connectivity index (χ4v) is 2.71. The zero-order valence-electron chi connectivity index (χ0n) is 14.5. The molecule has 0 spiro atoms. The third-order valence-corrected chi connectivity index (χ3v) is 4.08. The minimum absolute atomic E-state index is 0.0646. The van der Waals surface area contributed by atoms with E-state index in [-0.39, 0.29) is 18.6 Å². The summed E-state index contributed by atoms with van der Waals surface area (Å²) in [6.45, 7) is 3.87. The second-order valence-corrected chi connectivity index (χ2v) is 6.25. The molecule has 25 heavy (non-hydrogen) atoms. The van der Waals surface area contributed by atoms with Crippen molar-refractivity contribution in [3.63, 3.8) is 0 Å². The number of carbonyl (C=O) groups is 1. The van der Waals surface area contributed by atoms with Crippen molar-refractivity contribution >= 4 is 11.6 Å². The number of benzene rings is 2. The predicted molar refractivity (Wildman–Crippen MR) is 98.2 cm³/mol. The van der Waals surface area contributed by atoms with Crippen LogP contribution in [0.5, 0.6) is 11.5 Å². The number of hydrogen-bond acceptors (Lipinski definition) is 4. The van der Waals surface area contributed by atoms with Gasteiger partial charge in [0, 0.05) is 18.8 Å². The molecular formula is C20H24N2O3. The van der Waals surface area contributed by atoms with Crippen LogP contribution in [0.25, 0.3) is 0 Å². The van der Waals surface area contributed by atoms with E-state index in [2.05, 4.69) is 10.6 Å². The Morgan fingerprint density at radius 3 is 2.44 bits per heavy atom. The molecule has 1 aliphatic rings. The molecule has 0 saturated carbocycles. The number of aryl methyl sites for hydroxylation is 1. The molecule has 5 nitrogen and oxygen atoms in total. The third-order valence-electron chi connectivity index (χ3n) is 4.08. The van der Waals surface area contributed by atoms with Crippen molar-refractivity contribution in [1.82, 2.24) is 5.32 Å². The van der Waals surface area contributed by atoms with E-state index in [0.717, 1.165) is 43.2 Å². The zero-order chi connectivity index (χ0) is 17.5. The summed E-state index contributed by atoms with van der Waals surface area (Å²) in [5.74, 6) is 1.46. The lowest BCUT2D eigenvalue weighted by Crippen LogP contribution is -2.33. The van der Waals surface area contributed by atoms with Crippen LogP contribution in [-0.4, -0.2) is 31.7 Å². The van der Waals surface area contributed by atoms with Crippen molar-refractivity contribution in [2.24, 2.45) is 0 Å². The van der Waals surface area contributed by atoms with Gasteiger partial charge in [0.1, 0.15) is 11.5 Å². The molecule has 0 radical (unpaired) electrons. The Balaban J connectivity index is 1.43. The highest BCUT2D eigenvalue weighted by atomic mass is 16.5. The average molecular weight is 340 g/mol. The third kappa shape index (κ3) is 5.59. The summed E-state index contributed by atoms with van der Waals surface area (Å²) in [4.78, 5) is 11.9. The van der Waals surface area contributed by atoms with Gasteiger partial charge >= 0.3 is 0 Å². The van der Waals surface area contributed by atoms with Crippen molar-refractivity contribution in [1.29, 1.82) is 0 Å². The second-order valence-electron chi connectivity index (χ2n) is 6.25. The summed E-state index contributed by atoms with van der Waals surface area (Å²) in [7, 11) is 0. The summed E-state index contributed by atoms with van der Waals surface area (Å²) in [6.07, 6.45) is 2.41. The monoisotopic (exact) mass is 340 g/mol. The van der Waals surface area contributed by atoms with E-state index in [4.69, 9.17) is 9.47 Å². The minimum Gasteiger partial charge on any atom is -0.457 e. The number of rotatable bonds is 7. The van der Waals surface area contributed by atoms with E-state index in [1.54, 1.807) is 0 Å². The summed E-state index contributed by atoms with van der Waals surface area (Å²) in [6, 6.07) is 15.2. The van der Waals surface area contributed by atoms with Gasteiger partial charge in [-0.2, -0.15) is 0 Å². The first-order chi connectivity index (χ1) is 12.2. The lowest BCUT2D eigenvalue weighted by atomic mass is 10.2. The molecule has 2 N–H and O–H groups in total. The van der Waals surface area contributed by atoms with E-state index >= 15 is 0 Å². The van der Waals surface area contributed by atoms with Gasteiger partial charge in [-0.25, -0.2) is 0 Å². The Morgan fingerprint density at radius 2 is 1.80 bits per heavy atom. The van der Waals surface area contributed by atoms with Gasteiger partial charge in [-0.3, -0.25) is 4.79 Å². The SMILES string of the molecule is Cc1ccc(Oc2ccc(NC(=O)CNCC3CCCO3)cc2)cc1. The average Bonchev–Trinajstić information content (AvgIpc) is 3.12. The highest BCUT2D eigenvalue weighted by molar-refractivity contribution is 5.92. The maximum Gasteiger partial charge on any atom is 0.238 e. The smallest absolute Gasteiger partial charge is 0.238 e. The van der Waals surface area contributed by atoms with Crippen LogP contribution in [0.3, 0.4) is 0 Å². The molecule has 1 amide bonds. The first-order valence-electron chi connectivity index (χ1n) is 8.66. The van der Waals surface area contributed by atoms with Crippen LogP contribution in [0, 0.1) is 6.92 Å².